The van der Waals surface area contributed by atoms with Gasteiger partial charge in [0.2, 0.25) is 5.91 Å². The van der Waals surface area contributed by atoms with Gasteiger partial charge in [0.1, 0.15) is 0 Å². The summed E-state index contributed by atoms with van der Waals surface area (Å²) in [6.07, 6.45) is 1.18. The summed E-state index contributed by atoms with van der Waals surface area (Å²) in [7, 11) is 0. The second kappa shape index (κ2) is 7.07. The summed E-state index contributed by atoms with van der Waals surface area (Å²) in [5, 5.41) is 23.8. The molecule has 114 valence electrons. The molecule has 1 aromatic carbocycles. The van der Waals surface area contributed by atoms with Gasteiger partial charge in [0.05, 0.1) is 6.54 Å². The van der Waals surface area contributed by atoms with E-state index in [0.717, 1.165) is 11.6 Å². The van der Waals surface area contributed by atoms with Crippen LogP contribution in [0.1, 0.15) is 16.1 Å². The molecule has 0 spiro atoms. The molecule has 0 unspecified atom stereocenters. The van der Waals surface area contributed by atoms with Crippen molar-refractivity contribution in [1.82, 2.24) is 15.6 Å². The van der Waals surface area contributed by atoms with Crippen LogP contribution in [0.5, 0.6) is 11.5 Å². The summed E-state index contributed by atoms with van der Waals surface area (Å²) in [5.41, 5.74) is 0.602. The van der Waals surface area contributed by atoms with E-state index in [1.807, 2.05) is 30.3 Å². The minimum Gasteiger partial charge on any atom is -0.504 e. The van der Waals surface area contributed by atoms with Gasteiger partial charge in [-0.3, -0.25) is 9.59 Å². The first kappa shape index (κ1) is 15.3. The number of amides is 2. The summed E-state index contributed by atoms with van der Waals surface area (Å²) in [6.45, 7) is 0.0909. The summed E-state index contributed by atoms with van der Waals surface area (Å²) in [6, 6.07) is 10.5. The highest BCUT2D eigenvalue weighted by Gasteiger charge is 2.16. The van der Waals surface area contributed by atoms with Crippen LogP contribution in [0.25, 0.3) is 0 Å². The van der Waals surface area contributed by atoms with E-state index < -0.39 is 17.4 Å². The quantitative estimate of drug-likeness (QED) is 0.644. The largest absolute Gasteiger partial charge is 0.504 e. The number of pyridine rings is 1. The van der Waals surface area contributed by atoms with E-state index in [-0.39, 0.29) is 18.1 Å². The molecule has 22 heavy (non-hydrogen) atoms. The lowest BCUT2D eigenvalue weighted by molar-refractivity contribution is -0.120. The predicted octanol–water partition coefficient (Wildman–Crippen LogP) is 0.539. The Morgan fingerprint density at radius 3 is 2.50 bits per heavy atom. The maximum atomic E-state index is 11.8. The molecule has 0 fully saturated rings. The first-order chi connectivity index (χ1) is 10.6. The SMILES string of the molecule is O=C(CNC(=O)c1nccc(O)c1O)NCc1ccccc1. The lowest BCUT2D eigenvalue weighted by atomic mass is 10.2. The van der Waals surface area contributed by atoms with Crippen LogP contribution in [0.2, 0.25) is 0 Å². The third kappa shape index (κ3) is 3.95. The summed E-state index contributed by atoms with van der Waals surface area (Å²) < 4.78 is 0. The van der Waals surface area contributed by atoms with Crippen LogP contribution in [-0.4, -0.2) is 33.6 Å². The van der Waals surface area contributed by atoms with Crippen LogP contribution in [0, 0.1) is 0 Å². The molecule has 2 rings (SSSR count). The fourth-order valence-corrected chi connectivity index (χ4v) is 1.71. The molecule has 0 radical (unpaired) electrons. The molecule has 0 aliphatic heterocycles. The second-order valence-electron chi connectivity index (χ2n) is 4.47. The topological polar surface area (TPSA) is 112 Å². The van der Waals surface area contributed by atoms with Gasteiger partial charge in [-0.25, -0.2) is 4.98 Å². The van der Waals surface area contributed by atoms with Gasteiger partial charge in [0.15, 0.2) is 17.2 Å². The van der Waals surface area contributed by atoms with E-state index in [4.69, 9.17) is 0 Å². The lowest BCUT2D eigenvalue weighted by Gasteiger charge is -2.08. The molecule has 7 nitrogen and oxygen atoms in total. The number of aromatic hydroxyl groups is 2. The second-order valence-corrected chi connectivity index (χ2v) is 4.47. The van der Waals surface area contributed by atoms with Gasteiger partial charge in [0.25, 0.3) is 5.91 Å². The smallest absolute Gasteiger partial charge is 0.274 e. The molecule has 7 heteroatoms. The van der Waals surface area contributed by atoms with Crippen LogP contribution in [0.3, 0.4) is 0 Å². The van der Waals surface area contributed by atoms with Crippen molar-refractivity contribution in [1.29, 1.82) is 0 Å². The Morgan fingerprint density at radius 2 is 1.77 bits per heavy atom. The molecule has 0 aliphatic carbocycles. The molecular formula is C15H15N3O4. The average molecular weight is 301 g/mol. The number of aromatic nitrogens is 1. The van der Waals surface area contributed by atoms with Gasteiger partial charge in [-0.15, -0.1) is 0 Å². The Labute approximate surface area is 126 Å². The van der Waals surface area contributed by atoms with Crippen LogP contribution in [0.4, 0.5) is 0 Å². The van der Waals surface area contributed by atoms with E-state index >= 15 is 0 Å². The van der Waals surface area contributed by atoms with E-state index in [9.17, 15) is 19.8 Å². The molecule has 1 aromatic heterocycles. The molecule has 2 amide bonds. The number of benzene rings is 1. The molecule has 4 N–H and O–H groups in total. The van der Waals surface area contributed by atoms with Crippen molar-refractivity contribution in [3.8, 4) is 11.5 Å². The summed E-state index contributed by atoms with van der Waals surface area (Å²) >= 11 is 0. The Kier molecular flexibility index (Phi) is 4.92. The van der Waals surface area contributed by atoms with Crippen molar-refractivity contribution >= 4 is 11.8 Å². The number of hydrogen-bond acceptors (Lipinski definition) is 5. The number of nitrogens with one attached hydrogen (secondary N) is 2. The molecule has 0 saturated heterocycles. The normalized spacial score (nSPS) is 10.0. The van der Waals surface area contributed by atoms with Crippen molar-refractivity contribution in [2.75, 3.05) is 6.54 Å². The minimum atomic E-state index is -0.747. The molecule has 1 heterocycles. The number of carbonyl (C=O) groups is 2. The predicted molar refractivity (Wildman–Crippen MR) is 78.2 cm³/mol. The zero-order valence-electron chi connectivity index (χ0n) is 11.6. The van der Waals surface area contributed by atoms with E-state index in [2.05, 4.69) is 15.6 Å². The van der Waals surface area contributed by atoms with Crippen LogP contribution in [-0.2, 0) is 11.3 Å². The highest BCUT2D eigenvalue weighted by Crippen LogP contribution is 2.25. The number of hydrogen-bond donors (Lipinski definition) is 4. The third-order valence-corrected chi connectivity index (χ3v) is 2.86. The van der Waals surface area contributed by atoms with Crippen molar-refractivity contribution in [2.24, 2.45) is 0 Å². The average Bonchev–Trinajstić information content (AvgIpc) is 2.54. The Bertz CT molecular complexity index is 674. The first-order valence-corrected chi connectivity index (χ1v) is 6.53. The fraction of sp³-hybridized carbons (Fsp3) is 0.133. The summed E-state index contributed by atoms with van der Waals surface area (Å²) in [5.74, 6) is -2.20. The third-order valence-electron chi connectivity index (χ3n) is 2.86. The lowest BCUT2D eigenvalue weighted by Crippen LogP contribution is -2.36. The van der Waals surface area contributed by atoms with Gasteiger partial charge in [-0.2, -0.15) is 0 Å². The maximum absolute atomic E-state index is 11.8. The van der Waals surface area contributed by atoms with E-state index in [0.29, 0.717) is 6.54 Å². The van der Waals surface area contributed by atoms with Gasteiger partial charge in [-0.1, -0.05) is 30.3 Å². The van der Waals surface area contributed by atoms with Gasteiger partial charge >= 0.3 is 0 Å². The zero-order chi connectivity index (χ0) is 15.9. The first-order valence-electron chi connectivity index (χ1n) is 6.53. The van der Waals surface area contributed by atoms with Crippen molar-refractivity contribution in [3.63, 3.8) is 0 Å². The van der Waals surface area contributed by atoms with E-state index in [1.165, 1.54) is 6.20 Å². The Balaban J connectivity index is 1.83. The molecule has 0 saturated carbocycles. The summed E-state index contributed by atoms with van der Waals surface area (Å²) in [4.78, 5) is 27.1. The van der Waals surface area contributed by atoms with Crippen molar-refractivity contribution in [3.05, 3.63) is 53.9 Å². The van der Waals surface area contributed by atoms with Gasteiger partial charge in [0, 0.05) is 18.8 Å². The Hall–Kier alpha value is -3.09. The number of nitrogens with zero attached hydrogens (tertiary/aromatic N) is 1. The van der Waals surface area contributed by atoms with Crippen LogP contribution < -0.4 is 10.6 Å². The van der Waals surface area contributed by atoms with Crippen molar-refractivity contribution < 1.29 is 19.8 Å². The van der Waals surface area contributed by atoms with Crippen LogP contribution in [0.15, 0.2) is 42.6 Å². The van der Waals surface area contributed by atoms with Crippen molar-refractivity contribution in [2.45, 2.75) is 6.54 Å². The minimum absolute atomic E-state index is 0.261. The maximum Gasteiger partial charge on any atom is 0.274 e. The molecule has 0 aliphatic rings. The fourth-order valence-electron chi connectivity index (χ4n) is 1.71. The molecular weight excluding hydrogens is 286 g/mol. The zero-order valence-corrected chi connectivity index (χ0v) is 11.6. The molecule has 2 aromatic rings. The highest BCUT2D eigenvalue weighted by molar-refractivity contribution is 5.97. The van der Waals surface area contributed by atoms with Gasteiger partial charge < -0.3 is 20.8 Å². The molecule has 0 atom stereocenters. The monoisotopic (exact) mass is 301 g/mol. The number of rotatable bonds is 5. The van der Waals surface area contributed by atoms with Gasteiger partial charge in [-0.05, 0) is 5.56 Å². The number of carbonyl (C=O) groups excluding carboxylic acids is 2. The van der Waals surface area contributed by atoms with E-state index in [1.54, 1.807) is 0 Å². The van der Waals surface area contributed by atoms with Crippen LogP contribution >= 0.6 is 0 Å². The Morgan fingerprint density at radius 1 is 1.05 bits per heavy atom. The standard InChI is InChI=1S/C15H15N3O4/c19-11-6-7-16-13(14(11)21)15(22)18-9-12(20)17-8-10-4-2-1-3-5-10/h1-7,21H,8-9H2,(H,16,19)(H,17,20)(H,18,22). The molecule has 0 bridgehead atoms. The highest BCUT2D eigenvalue weighted by atomic mass is 16.3.